The molecule has 0 radical (unpaired) electrons. The summed E-state index contributed by atoms with van der Waals surface area (Å²) in [5, 5.41) is 2.58. The lowest BCUT2D eigenvalue weighted by atomic mass is 10.1. The predicted molar refractivity (Wildman–Crippen MR) is 69.4 cm³/mol. The Bertz CT molecular complexity index is 556. The lowest BCUT2D eigenvalue weighted by Gasteiger charge is -2.14. The number of likely N-dealkylation sites (tertiary alicyclic amines) is 1. The van der Waals surface area contributed by atoms with Crippen molar-refractivity contribution < 1.29 is 18.8 Å². The molecule has 0 unspecified atom stereocenters. The SMILES string of the molecule is Cc1ccc(F)cc1C(=O)NCCN1C(=O)CCC1=O. The Hall–Kier alpha value is -2.24. The summed E-state index contributed by atoms with van der Waals surface area (Å²) in [5.74, 6) is -1.33. The number of carbonyl (C=O) groups is 3. The molecule has 1 heterocycles. The number of imide groups is 1. The molecule has 1 saturated heterocycles. The molecule has 1 aliphatic heterocycles. The normalized spacial score (nSPS) is 14.8. The molecule has 2 rings (SSSR count). The van der Waals surface area contributed by atoms with Crippen LogP contribution >= 0.6 is 0 Å². The van der Waals surface area contributed by atoms with Gasteiger partial charge in [0, 0.05) is 31.5 Å². The Balaban J connectivity index is 1.91. The zero-order valence-electron chi connectivity index (χ0n) is 11.1. The van der Waals surface area contributed by atoms with Crippen LogP contribution in [0.15, 0.2) is 18.2 Å². The van der Waals surface area contributed by atoms with Crippen molar-refractivity contribution in [2.24, 2.45) is 0 Å². The number of nitrogens with zero attached hydrogens (tertiary/aromatic N) is 1. The van der Waals surface area contributed by atoms with Gasteiger partial charge >= 0.3 is 0 Å². The number of aryl methyl sites for hydroxylation is 1. The van der Waals surface area contributed by atoms with Crippen molar-refractivity contribution in [2.45, 2.75) is 19.8 Å². The molecule has 0 aliphatic carbocycles. The summed E-state index contributed by atoms with van der Waals surface area (Å²) in [5.41, 5.74) is 0.918. The highest BCUT2D eigenvalue weighted by Crippen LogP contribution is 2.11. The van der Waals surface area contributed by atoms with E-state index >= 15 is 0 Å². The maximum Gasteiger partial charge on any atom is 0.251 e. The van der Waals surface area contributed by atoms with E-state index in [-0.39, 0.29) is 43.3 Å². The molecule has 1 N–H and O–H groups in total. The molecule has 0 bridgehead atoms. The van der Waals surface area contributed by atoms with Crippen molar-refractivity contribution in [1.29, 1.82) is 0 Å². The summed E-state index contributed by atoms with van der Waals surface area (Å²) in [6, 6.07) is 3.97. The lowest BCUT2D eigenvalue weighted by Crippen LogP contribution is -2.37. The van der Waals surface area contributed by atoms with Crippen LogP contribution in [0.5, 0.6) is 0 Å². The molecule has 1 aliphatic rings. The fourth-order valence-electron chi connectivity index (χ4n) is 2.09. The molecule has 0 atom stereocenters. The molecule has 106 valence electrons. The summed E-state index contributed by atoms with van der Waals surface area (Å²) in [6.45, 7) is 2.02. The van der Waals surface area contributed by atoms with Crippen LogP contribution in [0.3, 0.4) is 0 Å². The molecule has 0 saturated carbocycles. The predicted octanol–water partition coefficient (Wildman–Crippen LogP) is 1.01. The number of carbonyl (C=O) groups excluding carboxylic acids is 3. The standard InChI is InChI=1S/C14H15FN2O3/c1-9-2-3-10(15)8-11(9)14(20)16-6-7-17-12(18)4-5-13(17)19/h2-3,8H,4-7H2,1H3,(H,16,20). The smallest absolute Gasteiger partial charge is 0.251 e. The van der Waals surface area contributed by atoms with Crippen LogP contribution in [0.1, 0.15) is 28.8 Å². The van der Waals surface area contributed by atoms with E-state index in [9.17, 15) is 18.8 Å². The molecular weight excluding hydrogens is 263 g/mol. The molecule has 6 heteroatoms. The van der Waals surface area contributed by atoms with Gasteiger partial charge in [0.05, 0.1) is 0 Å². The number of rotatable bonds is 4. The zero-order valence-corrected chi connectivity index (χ0v) is 11.1. The second kappa shape index (κ2) is 5.81. The molecule has 3 amide bonds. The molecular formula is C14H15FN2O3. The average molecular weight is 278 g/mol. The van der Waals surface area contributed by atoms with E-state index in [1.54, 1.807) is 6.92 Å². The molecule has 0 spiro atoms. The highest BCUT2D eigenvalue weighted by atomic mass is 19.1. The van der Waals surface area contributed by atoms with Gasteiger partial charge in [0.2, 0.25) is 11.8 Å². The third-order valence-electron chi connectivity index (χ3n) is 3.22. The number of halogens is 1. The summed E-state index contributed by atoms with van der Waals surface area (Å²) in [6.07, 6.45) is 0.464. The summed E-state index contributed by atoms with van der Waals surface area (Å²) < 4.78 is 13.1. The molecule has 20 heavy (non-hydrogen) atoms. The Labute approximate surface area is 115 Å². The van der Waals surface area contributed by atoms with Gasteiger partial charge < -0.3 is 5.32 Å². The monoisotopic (exact) mass is 278 g/mol. The second-order valence-electron chi connectivity index (χ2n) is 4.65. The largest absolute Gasteiger partial charge is 0.350 e. The summed E-state index contributed by atoms with van der Waals surface area (Å²) in [4.78, 5) is 35.8. The van der Waals surface area contributed by atoms with Crippen LogP contribution in [0.4, 0.5) is 4.39 Å². The first kappa shape index (κ1) is 14.2. The fraction of sp³-hybridized carbons (Fsp3) is 0.357. The van der Waals surface area contributed by atoms with Gasteiger partial charge in [-0.05, 0) is 24.6 Å². The Morgan fingerprint density at radius 2 is 1.95 bits per heavy atom. The van der Waals surface area contributed by atoms with Crippen molar-refractivity contribution in [3.63, 3.8) is 0 Å². The molecule has 1 aromatic carbocycles. The lowest BCUT2D eigenvalue weighted by molar-refractivity contribution is -0.138. The van der Waals surface area contributed by atoms with Gasteiger partial charge in [0.25, 0.3) is 5.91 Å². The average Bonchev–Trinajstić information content (AvgIpc) is 2.73. The Morgan fingerprint density at radius 3 is 2.60 bits per heavy atom. The van der Waals surface area contributed by atoms with E-state index in [1.807, 2.05) is 0 Å². The highest BCUT2D eigenvalue weighted by Gasteiger charge is 2.28. The molecule has 0 aromatic heterocycles. The minimum atomic E-state index is -0.481. The topological polar surface area (TPSA) is 66.5 Å². The van der Waals surface area contributed by atoms with Crippen molar-refractivity contribution in [2.75, 3.05) is 13.1 Å². The minimum Gasteiger partial charge on any atom is -0.350 e. The van der Waals surface area contributed by atoms with Gasteiger partial charge in [-0.3, -0.25) is 19.3 Å². The third-order valence-corrected chi connectivity index (χ3v) is 3.22. The van der Waals surface area contributed by atoms with Gasteiger partial charge in [-0.2, -0.15) is 0 Å². The first-order chi connectivity index (χ1) is 9.49. The number of benzene rings is 1. The van der Waals surface area contributed by atoms with Crippen LogP contribution in [0, 0.1) is 12.7 Å². The maximum absolute atomic E-state index is 13.1. The number of amides is 3. The third kappa shape index (κ3) is 3.01. The zero-order chi connectivity index (χ0) is 14.7. The van der Waals surface area contributed by atoms with Crippen LogP contribution < -0.4 is 5.32 Å². The molecule has 1 aromatic rings. The number of hydrogen-bond donors (Lipinski definition) is 1. The van der Waals surface area contributed by atoms with Gasteiger partial charge in [-0.15, -0.1) is 0 Å². The quantitative estimate of drug-likeness (QED) is 0.836. The van der Waals surface area contributed by atoms with Crippen LogP contribution in [-0.4, -0.2) is 35.7 Å². The maximum atomic E-state index is 13.1. The van der Waals surface area contributed by atoms with Crippen LogP contribution in [-0.2, 0) is 9.59 Å². The van der Waals surface area contributed by atoms with Crippen LogP contribution in [0.2, 0.25) is 0 Å². The number of hydrogen-bond acceptors (Lipinski definition) is 3. The summed E-state index contributed by atoms with van der Waals surface area (Å²) >= 11 is 0. The van der Waals surface area contributed by atoms with Crippen molar-refractivity contribution in [1.82, 2.24) is 10.2 Å². The van der Waals surface area contributed by atoms with E-state index in [1.165, 1.54) is 12.1 Å². The highest BCUT2D eigenvalue weighted by molar-refractivity contribution is 6.02. The van der Waals surface area contributed by atoms with E-state index in [0.29, 0.717) is 5.56 Å². The first-order valence-electron chi connectivity index (χ1n) is 6.36. The Morgan fingerprint density at radius 1 is 1.30 bits per heavy atom. The second-order valence-corrected chi connectivity index (χ2v) is 4.65. The minimum absolute atomic E-state index is 0.151. The van der Waals surface area contributed by atoms with Gasteiger partial charge in [0.15, 0.2) is 0 Å². The first-order valence-corrected chi connectivity index (χ1v) is 6.36. The number of nitrogens with one attached hydrogen (secondary N) is 1. The van der Waals surface area contributed by atoms with Gasteiger partial charge in [0.1, 0.15) is 5.82 Å². The summed E-state index contributed by atoms with van der Waals surface area (Å²) in [7, 11) is 0. The van der Waals surface area contributed by atoms with E-state index in [4.69, 9.17) is 0 Å². The van der Waals surface area contributed by atoms with E-state index in [0.717, 1.165) is 11.0 Å². The molecule has 1 fully saturated rings. The van der Waals surface area contributed by atoms with Crippen LogP contribution in [0.25, 0.3) is 0 Å². The fourth-order valence-corrected chi connectivity index (χ4v) is 2.09. The Kier molecular flexibility index (Phi) is 4.12. The molecule has 5 nitrogen and oxygen atoms in total. The van der Waals surface area contributed by atoms with Gasteiger partial charge in [-0.1, -0.05) is 6.07 Å². The van der Waals surface area contributed by atoms with E-state index in [2.05, 4.69) is 5.32 Å². The van der Waals surface area contributed by atoms with Gasteiger partial charge in [-0.25, -0.2) is 4.39 Å². The van der Waals surface area contributed by atoms with Crippen molar-refractivity contribution in [3.8, 4) is 0 Å². The van der Waals surface area contributed by atoms with Crippen molar-refractivity contribution >= 4 is 17.7 Å². The van der Waals surface area contributed by atoms with Crippen molar-refractivity contribution in [3.05, 3.63) is 35.1 Å². The van der Waals surface area contributed by atoms with E-state index < -0.39 is 11.7 Å².